The van der Waals surface area contributed by atoms with Gasteiger partial charge in [0.1, 0.15) is 5.82 Å². The fourth-order valence-electron chi connectivity index (χ4n) is 3.67. The van der Waals surface area contributed by atoms with Gasteiger partial charge in [-0.1, -0.05) is 12.1 Å². The normalized spacial score (nSPS) is 11.2. The summed E-state index contributed by atoms with van der Waals surface area (Å²) in [5, 5.41) is 9.14. The molecule has 5 aromatic rings. The maximum Gasteiger partial charge on any atom is 0.224 e. The second-order valence-electron chi connectivity index (χ2n) is 7.23. The average molecular weight is 382 g/mol. The molecule has 0 saturated heterocycles. The lowest BCUT2D eigenvalue weighted by Gasteiger charge is -2.10. The van der Waals surface area contributed by atoms with Crippen molar-refractivity contribution in [3.63, 3.8) is 0 Å². The number of hydrogen-bond donors (Lipinski definition) is 4. The van der Waals surface area contributed by atoms with Crippen LogP contribution in [0.15, 0.2) is 67.1 Å². The van der Waals surface area contributed by atoms with Crippen LogP contribution < -0.4 is 10.6 Å². The van der Waals surface area contributed by atoms with E-state index < -0.39 is 0 Å². The molecule has 0 fully saturated rings. The molecule has 3 heterocycles. The minimum atomic E-state index is 0.614. The van der Waals surface area contributed by atoms with Crippen molar-refractivity contribution in [3.8, 4) is 0 Å². The van der Waals surface area contributed by atoms with Crippen LogP contribution in [0.5, 0.6) is 0 Å². The van der Waals surface area contributed by atoms with Crippen molar-refractivity contribution >= 4 is 33.6 Å². The average Bonchev–Trinajstić information content (AvgIpc) is 3.40. The Labute approximate surface area is 168 Å². The molecule has 6 heteroatoms. The molecular formula is C23H22N6. The van der Waals surface area contributed by atoms with Gasteiger partial charge in [0.15, 0.2) is 0 Å². The molecule has 0 aliphatic heterocycles. The fourth-order valence-corrected chi connectivity index (χ4v) is 3.67. The van der Waals surface area contributed by atoms with Crippen LogP contribution in [0.1, 0.15) is 16.7 Å². The smallest absolute Gasteiger partial charge is 0.224 e. The molecule has 0 radical (unpaired) electrons. The predicted molar refractivity (Wildman–Crippen MR) is 118 cm³/mol. The van der Waals surface area contributed by atoms with Gasteiger partial charge in [0.05, 0.1) is 0 Å². The molecule has 0 atom stereocenters. The van der Waals surface area contributed by atoms with Crippen molar-refractivity contribution in [2.45, 2.75) is 20.0 Å². The molecule has 0 saturated carbocycles. The molecule has 0 unspecified atom stereocenters. The number of anilines is 2. The van der Waals surface area contributed by atoms with E-state index in [1.54, 1.807) is 6.20 Å². The van der Waals surface area contributed by atoms with Gasteiger partial charge >= 0.3 is 0 Å². The molecule has 0 spiro atoms. The van der Waals surface area contributed by atoms with Gasteiger partial charge in [-0.3, -0.25) is 0 Å². The molecule has 0 bridgehead atoms. The molecule has 4 N–H and O–H groups in total. The molecule has 0 aliphatic carbocycles. The topological polar surface area (TPSA) is 81.4 Å². The molecule has 5 rings (SSSR count). The fraction of sp³-hybridized carbons (Fsp3) is 0.130. The molecule has 3 aromatic heterocycles. The second kappa shape index (κ2) is 7.31. The third-order valence-electron chi connectivity index (χ3n) is 5.11. The Morgan fingerprint density at radius 3 is 2.62 bits per heavy atom. The lowest BCUT2D eigenvalue weighted by atomic mass is 10.1. The maximum atomic E-state index is 4.58. The number of nitrogens with one attached hydrogen (secondary N) is 4. The minimum absolute atomic E-state index is 0.614. The van der Waals surface area contributed by atoms with Gasteiger partial charge in [0.25, 0.3) is 0 Å². The third kappa shape index (κ3) is 3.65. The van der Waals surface area contributed by atoms with E-state index in [0.717, 1.165) is 11.3 Å². The van der Waals surface area contributed by atoms with Crippen LogP contribution >= 0.6 is 0 Å². The van der Waals surface area contributed by atoms with E-state index in [-0.39, 0.29) is 0 Å². The van der Waals surface area contributed by atoms with Crippen molar-refractivity contribution in [1.29, 1.82) is 0 Å². The van der Waals surface area contributed by atoms with E-state index in [2.05, 4.69) is 80.0 Å². The highest BCUT2D eigenvalue weighted by Crippen LogP contribution is 2.20. The first-order valence-electron chi connectivity index (χ1n) is 9.68. The standard InChI is InChI=1S/C23H22N6/c1-15-10-17(12-19-5-8-25-22(15)19)14-28-23-26-9-6-21(29-23)27-13-16-2-3-20-18(11-16)4-7-24-20/h2-12,24-25H,13-14H2,1H3,(H2,26,27,28,29). The van der Waals surface area contributed by atoms with E-state index in [1.807, 2.05) is 18.5 Å². The summed E-state index contributed by atoms with van der Waals surface area (Å²) in [5.41, 5.74) is 5.99. The summed E-state index contributed by atoms with van der Waals surface area (Å²) in [4.78, 5) is 15.4. The molecule has 29 heavy (non-hydrogen) atoms. The van der Waals surface area contributed by atoms with Gasteiger partial charge in [-0.2, -0.15) is 4.98 Å². The van der Waals surface area contributed by atoms with Crippen LogP contribution in [0.2, 0.25) is 0 Å². The van der Waals surface area contributed by atoms with Crippen LogP contribution in [0.3, 0.4) is 0 Å². The number of aryl methyl sites for hydroxylation is 1. The van der Waals surface area contributed by atoms with Gasteiger partial charge in [-0.15, -0.1) is 0 Å². The second-order valence-corrected chi connectivity index (χ2v) is 7.23. The summed E-state index contributed by atoms with van der Waals surface area (Å²) in [7, 11) is 0. The number of hydrogen-bond acceptors (Lipinski definition) is 4. The molecule has 2 aromatic carbocycles. The Morgan fingerprint density at radius 1 is 0.828 bits per heavy atom. The SMILES string of the molecule is Cc1cc(CNc2nccc(NCc3ccc4[nH]ccc4c3)n2)cc2cc[nH]c12. The number of rotatable bonds is 6. The maximum absolute atomic E-state index is 4.58. The Balaban J connectivity index is 1.25. The largest absolute Gasteiger partial charge is 0.366 e. The number of fused-ring (bicyclic) bond motifs is 2. The predicted octanol–water partition coefficient (Wildman–Crippen LogP) is 4.97. The van der Waals surface area contributed by atoms with Crippen molar-refractivity contribution in [1.82, 2.24) is 19.9 Å². The van der Waals surface area contributed by atoms with Gasteiger partial charge in [-0.25, -0.2) is 4.98 Å². The zero-order chi connectivity index (χ0) is 19.6. The van der Waals surface area contributed by atoms with Crippen molar-refractivity contribution in [3.05, 3.63) is 83.8 Å². The third-order valence-corrected chi connectivity index (χ3v) is 5.11. The lowest BCUT2D eigenvalue weighted by Crippen LogP contribution is -2.07. The summed E-state index contributed by atoms with van der Waals surface area (Å²) >= 11 is 0. The number of nitrogens with zero attached hydrogens (tertiary/aromatic N) is 2. The van der Waals surface area contributed by atoms with E-state index in [4.69, 9.17) is 0 Å². The summed E-state index contributed by atoms with van der Waals surface area (Å²) in [6.45, 7) is 3.50. The summed E-state index contributed by atoms with van der Waals surface area (Å²) in [6.07, 6.45) is 5.70. The van der Waals surface area contributed by atoms with Gasteiger partial charge in [0, 0.05) is 42.7 Å². The Bertz CT molecular complexity index is 1280. The first-order valence-corrected chi connectivity index (χ1v) is 9.68. The number of aromatic amines is 2. The molecular weight excluding hydrogens is 360 g/mol. The van der Waals surface area contributed by atoms with Crippen molar-refractivity contribution in [2.75, 3.05) is 10.6 Å². The molecule has 144 valence electrons. The van der Waals surface area contributed by atoms with Crippen LogP contribution in [0.25, 0.3) is 21.8 Å². The van der Waals surface area contributed by atoms with E-state index in [1.165, 1.54) is 33.0 Å². The van der Waals surface area contributed by atoms with E-state index in [9.17, 15) is 0 Å². The Morgan fingerprint density at radius 2 is 1.66 bits per heavy atom. The number of aromatic nitrogens is 4. The van der Waals surface area contributed by atoms with E-state index >= 15 is 0 Å². The van der Waals surface area contributed by atoms with Gasteiger partial charge in [-0.05, 0) is 70.8 Å². The zero-order valence-electron chi connectivity index (χ0n) is 16.2. The highest BCUT2D eigenvalue weighted by Gasteiger charge is 2.04. The van der Waals surface area contributed by atoms with Gasteiger partial charge in [0.2, 0.25) is 5.95 Å². The highest BCUT2D eigenvalue weighted by atomic mass is 15.1. The molecule has 0 aliphatic rings. The van der Waals surface area contributed by atoms with Gasteiger partial charge < -0.3 is 20.6 Å². The quantitative estimate of drug-likeness (QED) is 0.334. The first kappa shape index (κ1) is 17.3. The minimum Gasteiger partial charge on any atom is -0.366 e. The Kier molecular flexibility index (Phi) is 4.37. The van der Waals surface area contributed by atoms with Crippen molar-refractivity contribution < 1.29 is 0 Å². The Hall–Kier alpha value is -3.80. The number of H-pyrrole nitrogens is 2. The summed E-state index contributed by atoms with van der Waals surface area (Å²) < 4.78 is 0. The monoisotopic (exact) mass is 382 g/mol. The van der Waals surface area contributed by atoms with E-state index in [0.29, 0.717) is 19.0 Å². The van der Waals surface area contributed by atoms with Crippen molar-refractivity contribution in [2.24, 2.45) is 0 Å². The summed E-state index contributed by atoms with van der Waals surface area (Å²) in [6, 6.07) is 16.8. The summed E-state index contributed by atoms with van der Waals surface area (Å²) in [5.74, 6) is 1.41. The molecule has 0 amide bonds. The lowest BCUT2D eigenvalue weighted by molar-refractivity contribution is 1.03. The van der Waals surface area contributed by atoms with Crippen LogP contribution in [-0.2, 0) is 13.1 Å². The number of benzene rings is 2. The highest BCUT2D eigenvalue weighted by molar-refractivity contribution is 5.83. The molecule has 6 nitrogen and oxygen atoms in total. The zero-order valence-corrected chi connectivity index (χ0v) is 16.2. The first-order chi connectivity index (χ1) is 14.2. The van der Waals surface area contributed by atoms with Crippen LogP contribution in [0, 0.1) is 6.92 Å². The van der Waals surface area contributed by atoms with Crippen LogP contribution in [-0.4, -0.2) is 19.9 Å². The van der Waals surface area contributed by atoms with Crippen LogP contribution in [0.4, 0.5) is 11.8 Å².